The maximum atomic E-state index is 6.58. The standard InChI is InChI=1S/C78H84N4O4Si/c1-7-13-16-55(10-4)47-58-19-25-62(26-20-58)73-51-80-76(84-73)65-33-41-69(42-34-65)87(68-39-31-61(32-40-68)72-50-79-54-83-72,70-43-35-66(36-44-70)77-81-52-74(85-77)63-27-21-59(22-28-63)48-56(11-5)17-14-8-2)71-45-37-67(38-46-71)78-82-53-75(86-78)64-29-23-60(24-30-64)49-57(12-6)18-15-9-3/h19-46,50-57H,7-18,47-49H2,1-6H3. The fourth-order valence-corrected chi connectivity index (χ4v) is 17.4. The highest BCUT2D eigenvalue weighted by Gasteiger charge is 2.42. The van der Waals surface area contributed by atoms with Crippen molar-refractivity contribution in [3.63, 3.8) is 0 Å². The Hall–Kier alpha value is -8.40. The number of rotatable bonds is 29. The van der Waals surface area contributed by atoms with Crippen LogP contribution in [0.5, 0.6) is 0 Å². The summed E-state index contributed by atoms with van der Waals surface area (Å²) in [5.41, 5.74) is 10.8. The Morgan fingerprint density at radius 3 is 0.862 bits per heavy atom. The summed E-state index contributed by atoms with van der Waals surface area (Å²) in [6.07, 6.45) is 27.0. The second-order valence-electron chi connectivity index (χ2n) is 24.0. The van der Waals surface area contributed by atoms with E-state index in [0.29, 0.717) is 41.2 Å². The van der Waals surface area contributed by atoms with Crippen LogP contribution in [0.25, 0.3) is 79.7 Å². The van der Waals surface area contributed by atoms with Crippen molar-refractivity contribution in [3.8, 4) is 79.7 Å². The maximum absolute atomic E-state index is 6.58. The Morgan fingerprint density at radius 2 is 0.598 bits per heavy atom. The van der Waals surface area contributed by atoms with E-state index in [-0.39, 0.29) is 0 Å². The Balaban J connectivity index is 0.945. The van der Waals surface area contributed by atoms with Crippen molar-refractivity contribution in [3.05, 3.63) is 218 Å². The first-order valence-corrected chi connectivity index (χ1v) is 34.3. The van der Waals surface area contributed by atoms with Crippen molar-refractivity contribution < 1.29 is 17.7 Å². The lowest BCUT2D eigenvalue weighted by atomic mass is 9.91. The van der Waals surface area contributed by atoms with E-state index in [1.807, 2.05) is 18.6 Å². The predicted octanol–water partition coefficient (Wildman–Crippen LogP) is 19.0. The number of hydrogen-bond donors (Lipinski definition) is 0. The third-order valence-corrected chi connectivity index (χ3v) is 23.0. The van der Waals surface area contributed by atoms with Gasteiger partial charge in [-0.15, -0.1) is 0 Å². The molecule has 0 aliphatic carbocycles. The molecule has 11 aromatic rings. The van der Waals surface area contributed by atoms with Gasteiger partial charge in [0.2, 0.25) is 17.7 Å². The van der Waals surface area contributed by atoms with Gasteiger partial charge in [0.1, 0.15) is 0 Å². The molecule has 0 bridgehead atoms. The summed E-state index contributed by atoms with van der Waals surface area (Å²) in [5.74, 6) is 6.80. The van der Waals surface area contributed by atoms with Crippen LogP contribution in [0.3, 0.4) is 0 Å². The zero-order chi connectivity index (χ0) is 60.0. The Kier molecular flexibility index (Phi) is 20.0. The van der Waals surface area contributed by atoms with E-state index in [1.54, 1.807) is 6.20 Å². The molecule has 87 heavy (non-hydrogen) atoms. The smallest absolute Gasteiger partial charge is 0.226 e. The van der Waals surface area contributed by atoms with Crippen LogP contribution in [0.15, 0.2) is 219 Å². The van der Waals surface area contributed by atoms with Gasteiger partial charge in [0.05, 0.1) is 24.8 Å². The largest absolute Gasteiger partial charge is 0.444 e. The van der Waals surface area contributed by atoms with Crippen LogP contribution < -0.4 is 20.7 Å². The monoisotopic (exact) mass is 1170 g/mol. The Morgan fingerprint density at radius 1 is 0.322 bits per heavy atom. The summed E-state index contributed by atoms with van der Waals surface area (Å²) in [7, 11) is -3.20. The quantitative estimate of drug-likeness (QED) is 0.0337. The lowest BCUT2D eigenvalue weighted by Crippen LogP contribution is -2.74. The van der Waals surface area contributed by atoms with Gasteiger partial charge in [0.15, 0.2) is 37.5 Å². The maximum Gasteiger partial charge on any atom is 0.226 e. The van der Waals surface area contributed by atoms with Crippen molar-refractivity contribution >= 4 is 28.8 Å². The number of aromatic nitrogens is 4. The molecule has 0 saturated heterocycles. The van der Waals surface area contributed by atoms with Crippen molar-refractivity contribution in [2.24, 2.45) is 17.8 Å². The van der Waals surface area contributed by atoms with Gasteiger partial charge in [-0.1, -0.05) is 252 Å². The SMILES string of the molecule is CCCCC(CC)Cc1ccc(-c2cnc(-c3ccc([Si](c4ccc(-c5cnco5)cc4)(c4ccc(-c5ncc(-c6ccc(CC(CC)CCCC)cc6)o5)cc4)c4ccc(-c5ncc(-c6ccc(CC(CC)CCCC)cc6)o5)cc4)cc3)o2)cc1. The minimum absolute atomic E-state index is 0.575. The summed E-state index contributed by atoms with van der Waals surface area (Å²) < 4.78 is 25.5. The highest BCUT2D eigenvalue weighted by atomic mass is 28.3. The predicted molar refractivity (Wildman–Crippen MR) is 359 cm³/mol. The van der Waals surface area contributed by atoms with E-state index in [0.717, 1.165) is 75.5 Å². The van der Waals surface area contributed by atoms with Gasteiger partial charge < -0.3 is 17.7 Å². The minimum Gasteiger partial charge on any atom is -0.444 e. The molecular weight excluding hydrogens is 1080 g/mol. The molecule has 0 spiro atoms. The lowest BCUT2D eigenvalue weighted by molar-refractivity contribution is 0.449. The molecule has 11 rings (SSSR count). The van der Waals surface area contributed by atoms with Gasteiger partial charge in [-0.05, 0) is 111 Å². The average molecular weight is 1170 g/mol. The second-order valence-corrected chi connectivity index (χ2v) is 27.8. The molecule has 3 unspecified atom stereocenters. The van der Waals surface area contributed by atoms with Crippen molar-refractivity contribution in [2.75, 3.05) is 0 Å². The molecule has 8 nitrogen and oxygen atoms in total. The van der Waals surface area contributed by atoms with E-state index < -0.39 is 8.07 Å². The van der Waals surface area contributed by atoms with Gasteiger partial charge in [-0.3, -0.25) is 0 Å². The summed E-state index contributed by atoms with van der Waals surface area (Å²) >= 11 is 0. The number of unbranched alkanes of at least 4 members (excludes halogenated alkanes) is 3. The van der Waals surface area contributed by atoms with Gasteiger partial charge in [0.25, 0.3) is 0 Å². The number of benzene rings is 7. The van der Waals surface area contributed by atoms with Crippen molar-refractivity contribution in [1.82, 2.24) is 19.9 Å². The second kappa shape index (κ2) is 28.9. The molecule has 0 radical (unpaired) electrons. The highest BCUT2D eigenvalue weighted by Crippen LogP contribution is 2.32. The summed E-state index contributed by atoms with van der Waals surface area (Å²) in [5, 5.41) is 4.73. The van der Waals surface area contributed by atoms with Crippen LogP contribution in [0, 0.1) is 17.8 Å². The van der Waals surface area contributed by atoms with E-state index in [4.69, 9.17) is 32.6 Å². The summed E-state index contributed by atoms with van der Waals surface area (Å²) in [4.78, 5) is 18.8. The topological polar surface area (TPSA) is 104 Å². The molecule has 0 fully saturated rings. The van der Waals surface area contributed by atoms with Crippen LogP contribution in [-0.4, -0.2) is 28.0 Å². The molecule has 0 aliphatic rings. The molecule has 0 amide bonds. The molecule has 4 aromatic heterocycles. The fourth-order valence-electron chi connectivity index (χ4n) is 12.7. The van der Waals surface area contributed by atoms with Crippen LogP contribution in [0.2, 0.25) is 0 Å². The molecule has 0 aliphatic heterocycles. The molecule has 9 heteroatoms. The van der Waals surface area contributed by atoms with Crippen LogP contribution in [0.4, 0.5) is 0 Å². The number of nitrogens with zero attached hydrogens (tertiary/aromatic N) is 4. The summed E-state index contributed by atoms with van der Waals surface area (Å²) in [6, 6.07) is 61.9. The third kappa shape index (κ3) is 14.1. The first-order chi connectivity index (χ1) is 42.8. The van der Waals surface area contributed by atoms with Gasteiger partial charge in [-0.2, -0.15) is 0 Å². The molecule has 0 saturated carbocycles. The van der Waals surface area contributed by atoms with Gasteiger partial charge in [0, 0.05) is 38.9 Å². The number of hydrogen-bond acceptors (Lipinski definition) is 8. The van der Waals surface area contributed by atoms with Gasteiger partial charge >= 0.3 is 0 Å². The Labute approximate surface area is 516 Å². The molecule has 7 aromatic carbocycles. The third-order valence-electron chi connectivity index (χ3n) is 18.2. The van der Waals surface area contributed by atoms with Gasteiger partial charge in [-0.25, -0.2) is 19.9 Å². The normalized spacial score (nSPS) is 13.4. The molecule has 0 N–H and O–H groups in total. The number of oxazole rings is 4. The van der Waals surface area contributed by atoms with Crippen molar-refractivity contribution in [1.29, 1.82) is 0 Å². The first-order valence-electron chi connectivity index (χ1n) is 32.3. The lowest BCUT2D eigenvalue weighted by Gasteiger charge is -2.34. The average Bonchev–Trinajstić information content (AvgIpc) is 1.19. The molecule has 444 valence electrons. The molecule has 3 atom stereocenters. The van der Waals surface area contributed by atoms with E-state index in [9.17, 15) is 0 Å². The zero-order valence-corrected chi connectivity index (χ0v) is 52.8. The first kappa shape index (κ1) is 60.3. The van der Waals surface area contributed by atoms with Crippen LogP contribution in [-0.2, 0) is 19.3 Å². The van der Waals surface area contributed by atoms with E-state index in [2.05, 4.69) is 216 Å². The zero-order valence-electron chi connectivity index (χ0n) is 51.8. The van der Waals surface area contributed by atoms with Crippen LogP contribution in [0.1, 0.15) is 135 Å². The fraction of sp³-hybridized carbons (Fsp3) is 0.308. The van der Waals surface area contributed by atoms with E-state index in [1.165, 1.54) is 121 Å². The molecular formula is C78H84N4O4Si. The van der Waals surface area contributed by atoms with Crippen LogP contribution >= 0.6 is 0 Å². The minimum atomic E-state index is -3.20. The molecule has 4 heterocycles. The van der Waals surface area contributed by atoms with E-state index >= 15 is 0 Å². The summed E-state index contributed by atoms with van der Waals surface area (Å²) in [6.45, 7) is 13.8. The Bertz CT molecular complexity index is 3500. The van der Waals surface area contributed by atoms with Crippen molar-refractivity contribution in [2.45, 2.75) is 138 Å². The highest BCUT2D eigenvalue weighted by molar-refractivity contribution is 7.19.